The number of nitrogens with one attached hydrogen (secondary N) is 1. The number of amides is 1. The molecule has 3 aromatic carbocycles. The fraction of sp³-hybridized carbons (Fsp3) is 0.136. The summed E-state index contributed by atoms with van der Waals surface area (Å²) in [6, 6.07) is 18.1. The maximum atomic E-state index is 13.2. The predicted molar refractivity (Wildman–Crippen MR) is 120 cm³/mol. The first-order valence-electron chi connectivity index (χ1n) is 9.33. The molecule has 1 aliphatic rings. The van der Waals surface area contributed by atoms with Gasteiger partial charge in [0.15, 0.2) is 0 Å². The number of fused-ring (bicyclic) bond motifs is 1. The normalized spacial score (nSPS) is 13.6. The van der Waals surface area contributed by atoms with Gasteiger partial charge in [-0.3, -0.25) is 9.10 Å². The molecule has 30 heavy (non-hydrogen) atoms. The van der Waals surface area contributed by atoms with Gasteiger partial charge in [0.1, 0.15) is 0 Å². The Hall–Kier alpha value is -2.54. The lowest BCUT2D eigenvalue weighted by Crippen LogP contribution is -2.35. The number of carbonyl (C=O) groups is 1. The van der Waals surface area contributed by atoms with Gasteiger partial charge in [-0.2, -0.15) is 0 Å². The third kappa shape index (κ3) is 4.17. The van der Waals surface area contributed by atoms with E-state index in [0.717, 1.165) is 18.4 Å². The first-order valence-corrected chi connectivity index (χ1v) is 11.5. The highest BCUT2D eigenvalue weighted by Crippen LogP contribution is 2.32. The van der Waals surface area contributed by atoms with Gasteiger partial charge in [0.2, 0.25) is 0 Å². The molecule has 1 aliphatic heterocycles. The molecule has 0 saturated carbocycles. The van der Waals surface area contributed by atoms with Gasteiger partial charge >= 0.3 is 0 Å². The van der Waals surface area contributed by atoms with Crippen molar-refractivity contribution in [2.24, 2.45) is 0 Å². The molecule has 0 atom stereocenters. The molecule has 0 aromatic heterocycles. The van der Waals surface area contributed by atoms with E-state index in [2.05, 4.69) is 5.32 Å². The van der Waals surface area contributed by atoms with Crippen LogP contribution in [0.15, 0.2) is 71.6 Å². The summed E-state index contributed by atoms with van der Waals surface area (Å²) in [6.07, 6.45) is 1.62. The number of nitrogens with zero attached hydrogens (tertiary/aromatic N) is 1. The van der Waals surface area contributed by atoms with Crippen LogP contribution in [-0.4, -0.2) is 20.9 Å². The van der Waals surface area contributed by atoms with Crippen LogP contribution in [0.25, 0.3) is 0 Å². The van der Waals surface area contributed by atoms with Crippen molar-refractivity contribution in [1.82, 2.24) is 0 Å². The minimum Gasteiger partial charge on any atom is -0.322 e. The number of carbonyl (C=O) groups excluding carboxylic acids is 1. The van der Waals surface area contributed by atoms with Crippen LogP contribution in [0.3, 0.4) is 0 Å². The topological polar surface area (TPSA) is 66.5 Å². The number of sulfonamides is 1. The van der Waals surface area contributed by atoms with Crippen molar-refractivity contribution in [3.05, 3.63) is 87.9 Å². The fourth-order valence-corrected chi connectivity index (χ4v) is 5.55. The molecule has 0 saturated heterocycles. The molecule has 1 N–H and O–H groups in total. The predicted octanol–water partition coefficient (Wildman–Crippen LogP) is 5.39. The quantitative estimate of drug-likeness (QED) is 0.567. The van der Waals surface area contributed by atoms with Crippen LogP contribution in [0.2, 0.25) is 10.0 Å². The Kier molecular flexibility index (Phi) is 5.73. The molecule has 4 rings (SSSR count). The number of benzene rings is 3. The Morgan fingerprint density at radius 2 is 1.60 bits per heavy atom. The summed E-state index contributed by atoms with van der Waals surface area (Å²) in [7, 11) is -3.72. The van der Waals surface area contributed by atoms with E-state index in [1.807, 2.05) is 24.3 Å². The lowest BCUT2D eigenvalue weighted by Gasteiger charge is -2.30. The van der Waals surface area contributed by atoms with Gasteiger partial charge < -0.3 is 5.32 Å². The highest BCUT2D eigenvalue weighted by Gasteiger charge is 2.28. The van der Waals surface area contributed by atoms with Crippen molar-refractivity contribution in [1.29, 1.82) is 0 Å². The van der Waals surface area contributed by atoms with E-state index in [4.69, 9.17) is 23.2 Å². The maximum absolute atomic E-state index is 13.2. The summed E-state index contributed by atoms with van der Waals surface area (Å²) in [5, 5.41) is 3.51. The molecule has 8 heteroatoms. The summed E-state index contributed by atoms with van der Waals surface area (Å²) in [5.74, 6) is -0.388. The minimum absolute atomic E-state index is 0.140. The average molecular weight is 461 g/mol. The highest BCUT2D eigenvalue weighted by atomic mass is 35.5. The second-order valence-corrected chi connectivity index (χ2v) is 9.68. The van der Waals surface area contributed by atoms with Gasteiger partial charge in [-0.1, -0.05) is 41.4 Å². The van der Waals surface area contributed by atoms with Crippen LogP contribution in [0.5, 0.6) is 0 Å². The van der Waals surface area contributed by atoms with Gasteiger partial charge in [0.25, 0.3) is 15.9 Å². The van der Waals surface area contributed by atoms with Crippen LogP contribution < -0.4 is 9.62 Å². The molecule has 5 nitrogen and oxygen atoms in total. The summed E-state index contributed by atoms with van der Waals surface area (Å²) in [4.78, 5) is 12.6. The van der Waals surface area contributed by atoms with Crippen LogP contribution in [0, 0.1) is 0 Å². The summed E-state index contributed by atoms with van der Waals surface area (Å²) in [5.41, 5.74) is 2.51. The van der Waals surface area contributed by atoms with Crippen LogP contribution in [-0.2, 0) is 16.4 Å². The van der Waals surface area contributed by atoms with Gasteiger partial charge in [0.05, 0.1) is 10.6 Å². The van der Waals surface area contributed by atoms with E-state index in [1.54, 1.807) is 18.2 Å². The molecule has 0 unspecified atom stereocenters. The SMILES string of the molecule is O=C(Nc1cc(Cl)cc(Cl)c1)c1ccc(S(=O)(=O)N2CCCc3ccccc32)cc1. The monoisotopic (exact) mass is 460 g/mol. The minimum atomic E-state index is -3.72. The number of aryl methyl sites for hydroxylation is 1. The van der Waals surface area contributed by atoms with Gasteiger partial charge in [-0.25, -0.2) is 8.42 Å². The number of anilines is 2. The van der Waals surface area contributed by atoms with Crippen molar-refractivity contribution in [3.63, 3.8) is 0 Å². The summed E-state index contributed by atoms with van der Waals surface area (Å²) >= 11 is 11.9. The number of hydrogen-bond donors (Lipinski definition) is 1. The zero-order valence-electron chi connectivity index (χ0n) is 15.8. The van der Waals surface area contributed by atoms with E-state index in [0.29, 0.717) is 33.5 Å². The first-order chi connectivity index (χ1) is 14.3. The van der Waals surface area contributed by atoms with Crippen molar-refractivity contribution < 1.29 is 13.2 Å². The van der Waals surface area contributed by atoms with Crippen molar-refractivity contribution >= 4 is 50.5 Å². The van der Waals surface area contributed by atoms with Crippen LogP contribution >= 0.6 is 23.2 Å². The molecule has 3 aromatic rings. The van der Waals surface area contributed by atoms with E-state index in [-0.39, 0.29) is 10.8 Å². The molecular weight excluding hydrogens is 443 g/mol. The molecule has 154 valence electrons. The summed E-state index contributed by atoms with van der Waals surface area (Å²) in [6.45, 7) is 0.428. The largest absolute Gasteiger partial charge is 0.322 e. The zero-order chi connectivity index (χ0) is 21.3. The van der Waals surface area contributed by atoms with Crippen molar-refractivity contribution in [2.75, 3.05) is 16.2 Å². The third-order valence-corrected chi connectivity index (χ3v) is 7.16. The zero-order valence-corrected chi connectivity index (χ0v) is 18.1. The first kappa shape index (κ1) is 20.7. The number of rotatable bonds is 4. The van der Waals surface area contributed by atoms with Gasteiger partial charge in [0, 0.05) is 27.8 Å². The van der Waals surface area contributed by atoms with Crippen molar-refractivity contribution in [3.8, 4) is 0 Å². The van der Waals surface area contributed by atoms with Crippen LogP contribution in [0.4, 0.5) is 11.4 Å². The average Bonchev–Trinajstić information content (AvgIpc) is 2.72. The Labute approximate surface area is 185 Å². The smallest absolute Gasteiger partial charge is 0.264 e. The Morgan fingerprint density at radius 3 is 2.30 bits per heavy atom. The van der Waals surface area contributed by atoms with Gasteiger partial charge in [-0.15, -0.1) is 0 Å². The Balaban J connectivity index is 1.57. The molecular formula is C22H18Cl2N2O3S. The maximum Gasteiger partial charge on any atom is 0.264 e. The van der Waals surface area contributed by atoms with E-state index in [1.165, 1.54) is 28.6 Å². The van der Waals surface area contributed by atoms with Crippen molar-refractivity contribution in [2.45, 2.75) is 17.7 Å². The Bertz CT molecular complexity index is 1190. The molecule has 0 fully saturated rings. The molecule has 0 aliphatic carbocycles. The van der Waals surface area contributed by atoms with Gasteiger partial charge in [-0.05, 0) is 66.9 Å². The van der Waals surface area contributed by atoms with E-state index < -0.39 is 10.0 Å². The third-order valence-electron chi connectivity index (χ3n) is 4.89. The second-order valence-electron chi connectivity index (χ2n) is 6.95. The molecule has 1 amide bonds. The summed E-state index contributed by atoms with van der Waals surface area (Å²) < 4.78 is 27.8. The molecule has 0 radical (unpaired) electrons. The molecule has 0 bridgehead atoms. The standard InChI is InChI=1S/C22H18Cl2N2O3S/c23-17-12-18(24)14-19(13-17)25-22(27)16-7-9-20(10-8-16)30(28,29)26-11-3-5-15-4-1-2-6-21(15)26/h1-2,4,6-10,12-14H,3,5,11H2,(H,25,27). The highest BCUT2D eigenvalue weighted by molar-refractivity contribution is 7.92. The number of hydrogen-bond acceptors (Lipinski definition) is 3. The molecule has 1 heterocycles. The van der Waals surface area contributed by atoms with E-state index in [9.17, 15) is 13.2 Å². The van der Waals surface area contributed by atoms with E-state index >= 15 is 0 Å². The fourth-order valence-electron chi connectivity index (χ4n) is 3.48. The van der Waals surface area contributed by atoms with Crippen LogP contribution in [0.1, 0.15) is 22.3 Å². The lowest BCUT2D eigenvalue weighted by molar-refractivity contribution is 0.102. The lowest BCUT2D eigenvalue weighted by atomic mass is 10.0. The number of halogens is 2. The number of para-hydroxylation sites is 1. The Morgan fingerprint density at radius 1 is 0.933 bits per heavy atom. The molecule has 0 spiro atoms. The second kappa shape index (κ2) is 8.30.